The van der Waals surface area contributed by atoms with Crippen LogP contribution in [-0.4, -0.2) is 52.3 Å². The van der Waals surface area contributed by atoms with E-state index in [9.17, 15) is 28.0 Å². The van der Waals surface area contributed by atoms with Crippen LogP contribution in [0.3, 0.4) is 0 Å². The molecule has 2 aromatic heterocycles. The fourth-order valence-electron chi connectivity index (χ4n) is 5.67. The maximum absolute atomic E-state index is 14.9. The van der Waals surface area contributed by atoms with Gasteiger partial charge in [-0.05, 0) is 30.7 Å². The third-order valence-corrected chi connectivity index (χ3v) is 9.87. The molecule has 0 bridgehead atoms. The van der Waals surface area contributed by atoms with E-state index in [4.69, 9.17) is 5.73 Å². The molecule has 2 aromatic carbocycles. The SMILES string of the molecule is C=CC(=O)N1CCN(c2nc(=O)n3c4c(c(-c5cccc6sc(N)c(C#N)c56)c(C(F)(F)F)cc24)SCC3C)CC1. The lowest BCUT2D eigenvalue weighted by Crippen LogP contribution is -2.49. The van der Waals surface area contributed by atoms with Gasteiger partial charge in [-0.1, -0.05) is 18.7 Å². The molecule has 1 atom stereocenters. The lowest BCUT2D eigenvalue weighted by Gasteiger charge is -2.36. The number of carbonyl (C=O) groups is 1. The van der Waals surface area contributed by atoms with E-state index in [1.165, 1.54) is 22.4 Å². The van der Waals surface area contributed by atoms with E-state index >= 15 is 0 Å². The van der Waals surface area contributed by atoms with Gasteiger partial charge in [0.05, 0.1) is 16.6 Å². The highest BCUT2D eigenvalue weighted by Crippen LogP contribution is 2.52. The molecule has 0 spiro atoms. The number of fused-ring (bicyclic) bond motifs is 1. The van der Waals surface area contributed by atoms with Crippen molar-refractivity contribution in [2.45, 2.75) is 24.0 Å². The van der Waals surface area contributed by atoms with Crippen molar-refractivity contribution < 1.29 is 18.0 Å². The van der Waals surface area contributed by atoms with E-state index in [0.29, 0.717) is 52.4 Å². The highest BCUT2D eigenvalue weighted by Gasteiger charge is 2.39. The summed E-state index contributed by atoms with van der Waals surface area (Å²) in [5, 5.41) is 10.7. The molecule has 0 saturated carbocycles. The van der Waals surface area contributed by atoms with Gasteiger partial charge in [-0.2, -0.15) is 23.4 Å². The van der Waals surface area contributed by atoms with Crippen LogP contribution < -0.4 is 16.3 Å². The summed E-state index contributed by atoms with van der Waals surface area (Å²) in [6, 6.07) is 7.78. The van der Waals surface area contributed by atoms with Crippen LogP contribution in [0.25, 0.3) is 32.1 Å². The standard InChI is InChI=1S/C28H23F3N6O2S2/c1-3-20(38)35-7-9-36(10-8-35)26-16-11-18(28(29,30)31)22(24-23(16)37(27(39)34-26)14(2)13-40-24)15-5-4-6-19-21(15)17(12-32)25(33)41-19/h3-6,11,14H,1,7-10,13,33H2,2H3. The molecule has 13 heteroatoms. The summed E-state index contributed by atoms with van der Waals surface area (Å²) in [5.41, 5.74) is 5.35. The number of amides is 1. The van der Waals surface area contributed by atoms with Gasteiger partial charge < -0.3 is 15.5 Å². The zero-order valence-electron chi connectivity index (χ0n) is 21.8. The Morgan fingerprint density at radius 1 is 1.27 bits per heavy atom. The predicted molar refractivity (Wildman–Crippen MR) is 155 cm³/mol. The number of nitrogens with zero attached hydrogens (tertiary/aromatic N) is 5. The average molecular weight is 597 g/mol. The first-order valence-electron chi connectivity index (χ1n) is 12.8. The van der Waals surface area contributed by atoms with Gasteiger partial charge in [-0.3, -0.25) is 9.36 Å². The lowest BCUT2D eigenvalue weighted by molar-refractivity contribution is -0.137. The quantitative estimate of drug-likeness (QED) is 0.322. The number of carbonyl (C=O) groups excluding carboxylic acids is 1. The molecule has 210 valence electrons. The number of thioether (sulfide) groups is 1. The number of nitrogen functional groups attached to an aromatic ring is 1. The van der Waals surface area contributed by atoms with Crippen molar-refractivity contribution in [3.8, 4) is 17.2 Å². The Hall–Kier alpha value is -4.02. The van der Waals surface area contributed by atoms with Gasteiger partial charge >= 0.3 is 11.9 Å². The first-order chi connectivity index (χ1) is 19.5. The van der Waals surface area contributed by atoms with E-state index in [1.807, 2.05) is 6.92 Å². The van der Waals surface area contributed by atoms with E-state index in [0.717, 1.165) is 17.4 Å². The first kappa shape index (κ1) is 27.2. The second-order valence-electron chi connectivity index (χ2n) is 9.92. The van der Waals surface area contributed by atoms with Gasteiger partial charge in [0.15, 0.2) is 0 Å². The van der Waals surface area contributed by atoms with Crippen LogP contribution in [-0.2, 0) is 11.0 Å². The number of benzene rings is 2. The van der Waals surface area contributed by atoms with Crippen molar-refractivity contribution in [1.29, 1.82) is 5.26 Å². The van der Waals surface area contributed by atoms with Crippen LogP contribution in [0.15, 0.2) is 46.6 Å². The molecule has 2 aliphatic heterocycles. The second kappa shape index (κ2) is 9.81. The van der Waals surface area contributed by atoms with Crippen LogP contribution in [0.2, 0.25) is 0 Å². The Bertz CT molecular complexity index is 1870. The zero-order valence-corrected chi connectivity index (χ0v) is 23.4. The molecular weight excluding hydrogens is 573 g/mol. The van der Waals surface area contributed by atoms with Crippen molar-refractivity contribution in [1.82, 2.24) is 14.5 Å². The minimum atomic E-state index is -4.76. The summed E-state index contributed by atoms with van der Waals surface area (Å²) in [6.45, 7) is 6.58. The molecule has 6 rings (SSSR count). The molecule has 1 unspecified atom stereocenters. The third kappa shape index (κ3) is 4.24. The summed E-state index contributed by atoms with van der Waals surface area (Å²) in [4.78, 5) is 33.5. The number of anilines is 2. The molecule has 0 radical (unpaired) electrons. The fraction of sp³-hybridized carbons (Fsp3) is 0.286. The van der Waals surface area contributed by atoms with Crippen molar-refractivity contribution in [3.05, 3.63) is 58.5 Å². The molecular formula is C28H23F3N6O2S2. The van der Waals surface area contributed by atoms with E-state index in [1.54, 1.807) is 28.0 Å². The Balaban J connectivity index is 1.68. The molecule has 8 nitrogen and oxygen atoms in total. The van der Waals surface area contributed by atoms with Crippen molar-refractivity contribution in [3.63, 3.8) is 0 Å². The first-order valence-corrected chi connectivity index (χ1v) is 14.6. The number of hydrogen-bond acceptors (Lipinski definition) is 8. The molecule has 4 aromatic rings. The Morgan fingerprint density at radius 2 is 2.00 bits per heavy atom. The number of aromatic nitrogens is 2. The number of rotatable bonds is 3. The van der Waals surface area contributed by atoms with Crippen molar-refractivity contribution >= 4 is 60.8 Å². The predicted octanol–water partition coefficient (Wildman–Crippen LogP) is 5.25. The normalized spacial score (nSPS) is 17.2. The van der Waals surface area contributed by atoms with Crippen molar-refractivity contribution in [2.75, 3.05) is 42.6 Å². The number of thiophene rings is 1. The van der Waals surface area contributed by atoms with Gasteiger partial charge in [-0.15, -0.1) is 23.1 Å². The second-order valence-corrected chi connectivity index (χ2v) is 12.0. The summed E-state index contributed by atoms with van der Waals surface area (Å²) in [7, 11) is 0. The van der Waals surface area contributed by atoms with Crippen LogP contribution in [0.1, 0.15) is 24.1 Å². The molecule has 1 saturated heterocycles. The van der Waals surface area contributed by atoms with Crippen LogP contribution in [0.4, 0.5) is 24.0 Å². The number of nitriles is 1. The van der Waals surface area contributed by atoms with Gasteiger partial charge in [0.25, 0.3) is 0 Å². The van der Waals surface area contributed by atoms with Crippen LogP contribution >= 0.6 is 23.1 Å². The highest BCUT2D eigenvalue weighted by molar-refractivity contribution is 7.99. The molecule has 2 N–H and O–H groups in total. The minimum absolute atomic E-state index is 0.0755. The van der Waals surface area contributed by atoms with Gasteiger partial charge in [0.1, 0.15) is 16.9 Å². The number of halogens is 3. The molecule has 4 heterocycles. The Morgan fingerprint density at radius 3 is 2.66 bits per heavy atom. The molecule has 2 aliphatic rings. The third-order valence-electron chi connectivity index (χ3n) is 7.55. The highest BCUT2D eigenvalue weighted by atomic mass is 32.2. The van der Waals surface area contributed by atoms with Crippen LogP contribution in [0.5, 0.6) is 0 Å². The molecule has 1 fully saturated rings. The number of piperazine rings is 1. The van der Waals surface area contributed by atoms with Crippen LogP contribution in [0, 0.1) is 11.3 Å². The summed E-state index contributed by atoms with van der Waals surface area (Å²) < 4.78 is 46.9. The number of hydrogen-bond donors (Lipinski definition) is 1. The number of alkyl halides is 3. The maximum Gasteiger partial charge on any atom is 0.417 e. The van der Waals surface area contributed by atoms with E-state index in [-0.39, 0.29) is 44.8 Å². The summed E-state index contributed by atoms with van der Waals surface area (Å²) in [6.07, 6.45) is -3.54. The van der Waals surface area contributed by atoms with Gasteiger partial charge in [0, 0.05) is 63.9 Å². The molecule has 1 amide bonds. The largest absolute Gasteiger partial charge is 0.417 e. The van der Waals surface area contributed by atoms with E-state index < -0.39 is 17.4 Å². The Kier molecular flexibility index (Phi) is 6.50. The zero-order chi connectivity index (χ0) is 29.2. The molecule has 0 aliphatic carbocycles. The minimum Gasteiger partial charge on any atom is -0.389 e. The summed E-state index contributed by atoms with van der Waals surface area (Å²) in [5.74, 6) is 0.298. The lowest BCUT2D eigenvalue weighted by atomic mass is 9.92. The smallest absolute Gasteiger partial charge is 0.389 e. The average Bonchev–Trinajstić information content (AvgIpc) is 3.29. The molecule has 41 heavy (non-hydrogen) atoms. The topological polar surface area (TPSA) is 108 Å². The fourth-order valence-corrected chi connectivity index (χ4v) is 7.89. The number of nitrogens with two attached hydrogens (primary N) is 1. The van der Waals surface area contributed by atoms with E-state index in [2.05, 4.69) is 17.6 Å². The van der Waals surface area contributed by atoms with Crippen molar-refractivity contribution in [2.24, 2.45) is 0 Å². The van der Waals surface area contributed by atoms with Gasteiger partial charge in [0.2, 0.25) is 5.91 Å². The Labute approximate surface area is 240 Å². The maximum atomic E-state index is 14.9. The summed E-state index contributed by atoms with van der Waals surface area (Å²) >= 11 is 2.41. The van der Waals surface area contributed by atoms with Gasteiger partial charge in [-0.25, -0.2) is 4.79 Å². The monoisotopic (exact) mass is 596 g/mol.